The molecular weight excluding hydrogens is 296 g/mol. The van der Waals surface area contributed by atoms with Crippen molar-refractivity contribution >= 4 is 8.32 Å². The summed E-state index contributed by atoms with van der Waals surface area (Å²) in [4.78, 5) is 0. The highest BCUT2D eigenvalue weighted by Crippen LogP contribution is 2.47. The van der Waals surface area contributed by atoms with Crippen LogP contribution in [0.15, 0.2) is 43.0 Å². The van der Waals surface area contributed by atoms with E-state index >= 15 is 0 Å². The van der Waals surface area contributed by atoms with Gasteiger partial charge in [-0.1, -0.05) is 57.2 Å². The molecule has 0 aliphatic heterocycles. The van der Waals surface area contributed by atoms with Gasteiger partial charge in [0.1, 0.15) is 0 Å². The van der Waals surface area contributed by atoms with Gasteiger partial charge in [0.05, 0.1) is 5.60 Å². The summed E-state index contributed by atoms with van der Waals surface area (Å²) < 4.78 is 6.92. The van der Waals surface area contributed by atoms with Crippen molar-refractivity contribution < 1.29 is 4.43 Å². The van der Waals surface area contributed by atoms with Crippen molar-refractivity contribution in [2.75, 3.05) is 0 Å². The van der Waals surface area contributed by atoms with Gasteiger partial charge in [-0.05, 0) is 61.7 Å². The molecule has 0 radical (unpaired) electrons. The fourth-order valence-corrected chi connectivity index (χ4v) is 5.18. The van der Waals surface area contributed by atoms with Gasteiger partial charge in [-0.2, -0.15) is 0 Å². The molecule has 1 aromatic rings. The number of hydrogen-bond donors (Lipinski definition) is 0. The highest BCUT2D eigenvalue weighted by atomic mass is 28.4. The molecule has 0 unspecified atom stereocenters. The van der Waals surface area contributed by atoms with E-state index in [9.17, 15) is 0 Å². The van der Waals surface area contributed by atoms with E-state index in [1.54, 1.807) is 0 Å². The van der Waals surface area contributed by atoms with Crippen LogP contribution in [0.2, 0.25) is 18.1 Å². The first-order valence-electron chi connectivity index (χ1n) is 9.05. The molecule has 128 valence electrons. The van der Waals surface area contributed by atoms with E-state index in [0.29, 0.717) is 5.92 Å². The van der Waals surface area contributed by atoms with Gasteiger partial charge in [0.2, 0.25) is 0 Å². The maximum Gasteiger partial charge on any atom is 0.192 e. The molecule has 0 atom stereocenters. The lowest BCUT2D eigenvalue weighted by molar-refractivity contribution is 0.0142. The van der Waals surface area contributed by atoms with Crippen LogP contribution in [0.1, 0.15) is 64.4 Å². The minimum atomic E-state index is -1.75. The Morgan fingerprint density at radius 3 is 2.22 bits per heavy atom. The maximum atomic E-state index is 6.92. The van der Waals surface area contributed by atoms with E-state index in [1.165, 1.54) is 18.4 Å². The van der Waals surface area contributed by atoms with Gasteiger partial charge in [0.25, 0.3) is 0 Å². The standard InChI is InChI=1S/C21H34OSi/c1-7-15-21(22-23(5,6)20(2,3)4)16-13-19(14-17-21)18-11-9-8-10-12-18/h7-12,19H,1,13-17H2,2-6H3/t19-,21+. The van der Waals surface area contributed by atoms with Crippen molar-refractivity contribution in [2.45, 2.75) is 82.5 Å². The summed E-state index contributed by atoms with van der Waals surface area (Å²) in [5.74, 6) is 0.692. The van der Waals surface area contributed by atoms with Crippen molar-refractivity contribution in [3.63, 3.8) is 0 Å². The molecule has 0 amide bonds. The van der Waals surface area contributed by atoms with Crippen LogP contribution < -0.4 is 0 Å². The van der Waals surface area contributed by atoms with Gasteiger partial charge >= 0.3 is 0 Å². The van der Waals surface area contributed by atoms with Crippen molar-refractivity contribution in [3.05, 3.63) is 48.6 Å². The quantitative estimate of drug-likeness (QED) is 0.432. The Balaban J connectivity index is 2.11. The zero-order valence-electron chi connectivity index (χ0n) is 15.7. The second kappa shape index (κ2) is 6.94. The molecule has 0 aromatic heterocycles. The van der Waals surface area contributed by atoms with Crippen molar-refractivity contribution in [2.24, 2.45) is 0 Å². The molecule has 1 fully saturated rings. The average molecular weight is 331 g/mol. The summed E-state index contributed by atoms with van der Waals surface area (Å²) in [6.07, 6.45) is 7.83. The molecule has 2 rings (SSSR count). The Labute approximate surface area is 144 Å². The van der Waals surface area contributed by atoms with Gasteiger partial charge in [0.15, 0.2) is 8.32 Å². The summed E-state index contributed by atoms with van der Waals surface area (Å²) in [5.41, 5.74) is 1.52. The smallest absolute Gasteiger partial charge is 0.192 e. The van der Waals surface area contributed by atoms with Crippen molar-refractivity contribution in [1.82, 2.24) is 0 Å². The van der Waals surface area contributed by atoms with E-state index in [1.807, 2.05) is 0 Å². The predicted octanol–water partition coefficient (Wildman–Crippen LogP) is 6.68. The Hall–Kier alpha value is -0.863. The molecule has 0 bridgehead atoms. The molecule has 2 heteroatoms. The summed E-state index contributed by atoms with van der Waals surface area (Å²) >= 11 is 0. The fourth-order valence-electron chi connectivity index (χ4n) is 3.51. The molecule has 1 nitrogen and oxygen atoms in total. The van der Waals surface area contributed by atoms with E-state index in [0.717, 1.165) is 19.3 Å². The van der Waals surface area contributed by atoms with E-state index in [4.69, 9.17) is 4.43 Å². The SMILES string of the molecule is C=CC[C@]1(O[Si](C)(C)C(C)(C)C)CC[C@@H](c2ccccc2)CC1. The predicted molar refractivity (Wildman–Crippen MR) is 103 cm³/mol. The van der Waals surface area contributed by atoms with E-state index in [-0.39, 0.29) is 10.6 Å². The van der Waals surface area contributed by atoms with Crippen LogP contribution in [0.5, 0.6) is 0 Å². The van der Waals surface area contributed by atoms with Crippen LogP contribution in [0, 0.1) is 0 Å². The summed E-state index contributed by atoms with van der Waals surface area (Å²) in [6.45, 7) is 15.7. The van der Waals surface area contributed by atoms with Crippen LogP contribution in [-0.4, -0.2) is 13.9 Å². The third-order valence-corrected chi connectivity index (χ3v) is 10.5. The Bertz CT molecular complexity index is 504. The molecule has 0 N–H and O–H groups in total. The molecule has 23 heavy (non-hydrogen) atoms. The molecule has 1 aromatic carbocycles. The summed E-state index contributed by atoms with van der Waals surface area (Å²) in [7, 11) is -1.75. The van der Waals surface area contributed by atoms with Crippen LogP contribution >= 0.6 is 0 Å². The lowest BCUT2D eigenvalue weighted by Crippen LogP contribution is -2.50. The summed E-state index contributed by atoms with van der Waals surface area (Å²) in [5, 5.41) is 0.261. The molecule has 1 aliphatic carbocycles. The molecule has 0 saturated heterocycles. The molecule has 0 spiro atoms. The minimum Gasteiger partial charge on any atom is -0.411 e. The first kappa shape index (κ1) is 18.5. The van der Waals surface area contributed by atoms with Gasteiger partial charge in [-0.3, -0.25) is 0 Å². The van der Waals surface area contributed by atoms with Gasteiger partial charge in [-0.25, -0.2) is 0 Å². The number of benzene rings is 1. The van der Waals surface area contributed by atoms with Gasteiger partial charge in [-0.15, -0.1) is 6.58 Å². The lowest BCUT2D eigenvalue weighted by atomic mass is 9.75. The topological polar surface area (TPSA) is 9.23 Å². The molecule has 1 aliphatic rings. The number of hydrogen-bond acceptors (Lipinski definition) is 1. The van der Waals surface area contributed by atoms with Gasteiger partial charge < -0.3 is 4.43 Å². The largest absolute Gasteiger partial charge is 0.411 e. The third kappa shape index (κ3) is 4.36. The second-order valence-electron chi connectivity index (χ2n) is 8.72. The highest BCUT2D eigenvalue weighted by molar-refractivity contribution is 6.74. The number of rotatable bonds is 5. The van der Waals surface area contributed by atoms with Gasteiger partial charge in [0, 0.05) is 0 Å². The first-order chi connectivity index (χ1) is 10.7. The Morgan fingerprint density at radius 2 is 1.74 bits per heavy atom. The lowest BCUT2D eigenvalue weighted by Gasteiger charge is -2.48. The Kier molecular flexibility index (Phi) is 5.58. The third-order valence-electron chi connectivity index (χ3n) is 5.96. The maximum absolute atomic E-state index is 6.92. The van der Waals surface area contributed by atoms with Crippen LogP contribution in [0.25, 0.3) is 0 Å². The van der Waals surface area contributed by atoms with E-state index < -0.39 is 8.32 Å². The zero-order chi connectivity index (χ0) is 17.1. The van der Waals surface area contributed by atoms with Crippen LogP contribution in [0.3, 0.4) is 0 Å². The second-order valence-corrected chi connectivity index (χ2v) is 13.4. The van der Waals surface area contributed by atoms with E-state index in [2.05, 4.69) is 76.9 Å². The van der Waals surface area contributed by atoms with Crippen LogP contribution in [-0.2, 0) is 4.43 Å². The van der Waals surface area contributed by atoms with Crippen LogP contribution in [0.4, 0.5) is 0 Å². The molecule has 0 heterocycles. The normalized spacial score (nSPS) is 26.0. The summed E-state index contributed by atoms with van der Waals surface area (Å²) in [6, 6.07) is 11.0. The van der Waals surface area contributed by atoms with Crippen molar-refractivity contribution in [1.29, 1.82) is 0 Å². The minimum absolute atomic E-state index is 0.0238. The Morgan fingerprint density at radius 1 is 1.17 bits per heavy atom. The first-order valence-corrected chi connectivity index (χ1v) is 12.0. The highest BCUT2D eigenvalue weighted by Gasteiger charge is 2.45. The molecular formula is C21H34OSi. The monoisotopic (exact) mass is 330 g/mol. The molecule has 1 saturated carbocycles. The zero-order valence-corrected chi connectivity index (χ0v) is 16.7. The van der Waals surface area contributed by atoms with Crippen molar-refractivity contribution in [3.8, 4) is 0 Å². The fraction of sp³-hybridized carbons (Fsp3) is 0.619. The average Bonchev–Trinajstić information content (AvgIpc) is 2.47.